The van der Waals surface area contributed by atoms with Crippen LogP contribution in [0.25, 0.3) is 0 Å². The van der Waals surface area contributed by atoms with Gasteiger partial charge < -0.3 is 14.7 Å². The predicted octanol–water partition coefficient (Wildman–Crippen LogP) is 4.28. The molecule has 0 radical (unpaired) electrons. The molecule has 2 amide bonds. The van der Waals surface area contributed by atoms with Gasteiger partial charge in [-0.3, -0.25) is 14.9 Å². The van der Waals surface area contributed by atoms with E-state index in [1.807, 2.05) is 6.92 Å². The molecule has 0 fully saturated rings. The zero-order valence-electron chi connectivity index (χ0n) is 16.6. The van der Waals surface area contributed by atoms with Gasteiger partial charge in [-0.15, -0.1) is 11.3 Å². The number of carbonyl (C=O) groups is 2. The van der Waals surface area contributed by atoms with E-state index in [2.05, 4.69) is 10.3 Å². The maximum Gasteiger partial charge on any atom is 0.261 e. The van der Waals surface area contributed by atoms with Crippen LogP contribution in [0, 0.1) is 6.92 Å². The van der Waals surface area contributed by atoms with Crippen LogP contribution in [0.3, 0.4) is 0 Å². The molecule has 2 N–H and O–H groups in total. The van der Waals surface area contributed by atoms with E-state index in [9.17, 15) is 14.7 Å². The minimum atomic E-state index is -0.464. The van der Waals surface area contributed by atoms with E-state index in [0.29, 0.717) is 27.3 Å². The number of hydrogen-bond donors (Lipinski definition) is 2. The Morgan fingerprint density at radius 3 is 2.73 bits per heavy atom. The number of anilines is 2. The highest BCUT2D eigenvalue weighted by Gasteiger charge is 2.17. The van der Waals surface area contributed by atoms with Gasteiger partial charge in [0.25, 0.3) is 5.91 Å². The number of aromatic hydroxyl groups is 1. The van der Waals surface area contributed by atoms with Gasteiger partial charge in [0, 0.05) is 18.1 Å². The standard InChI is InChI=1S/C21H20ClN3O4S/c1-12-4-6-17(26)15(8-12)20(28)24-21-23-13(11-30-21)9-19(27)25(2)14-5-7-18(29-3)16(22)10-14/h4-8,10-11,26H,9H2,1-3H3,(H,23,24,28). The van der Waals surface area contributed by atoms with Gasteiger partial charge in [0.05, 0.1) is 29.8 Å². The van der Waals surface area contributed by atoms with E-state index >= 15 is 0 Å². The summed E-state index contributed by atoms with van der Waals surface area (Å²) in [4.78, 5) is 30.8. The molecule has 2 aromatic carbocycles. The molecule has 0 bridgehead atoms. The molecule has 0 aliphatic heterocycles. The van der Waals surface area contributed by atoms with Crippen LogP contribution in [0.2, 0.25) is 5.02 Å². The molecule has 0 saturated carbocycles. The molecular weight excluding hydrogens is 426 g/mol. The molecular formula is C21H20ClN3O4S. The molecule has 0 spiro atoms. The van der Waals surface area contributed by atoms with Gasteiger partial charge in [-0.2, -0.15) is 0 Å². The fourth-order valence-electron chi connectivity index (χ4n) is 2.72. The van der Waals surface area contributed by atoms with Gasteiger partial charge in [-0.1, -0.05) is 23.2 Å². The van der Waals surface area contributed by atoms with E-state index in [1.54, 1.807) is 42.8 Å². The molecule has 3 aromatic rings. The van der Waals surface area contributed by atoms with Crippen LogP contribution < -0.4 is 15.0 Å². The number of nitrogens with one attached hydrogen (secondary N) is 1. The lowest BCUT2D eigenvalue weighted by atomic mass is 10.1. The van der Waals surface area contributed by atoms with Crippen LogP contribution in [-0.4, -0.2) is 36.1 Å². The topological polar surface area (TPSA) is 91.8 Å². The van der Waals surface area contributed by atoms with Crippen LogP contribution in [0.1, 0.15) is 21.6 Å². The number of rotatable bonds is 6. The fraction of sp³-hybridized carbons (Fsp3) is 0.190. The Kier molecular flexibility index (Phi) is 6.59. The fourth-order valence-corrected chi connectivity index (χ4v) is 3.68. The number of carbonyl (C=O) groups excluding carboxylic acids is 2. The molecule has 1 heterocycles. The highest BCUT2D eigenvalue weighted by Crippen LogP contribution is 2.29. The first-order valence-corrected chi connectivity index (χ1v) is 10.2. The number of hydrogen-bond acceptors (Lipinski definition) is 6. The molecule has 9 heteroatoms. The predicted molar refractivity (Wildman–Crippen MR) is 118 cm³/mol. The zero-order chi connectivity index (χ0) is 21.8. The quantitative estimate of drug-likeness (QED) is 0.591. The second kappa shape index (κ2) is 9.15. The number of aromatic nitrogens is 1. The Morgan fingerprint density at radius 1 is 1.27 bits per heavy atom. The van der Waals surface area contributed by atoms with Crippen LogP contribution in [0.5, 0.6) is 11.5 Å². The number of methoxy groups -OCH3 is 1. The second-order valence-electron chi connectivity index (χ2n) is 6.57. The minimum absolute atomic E-state index is 0.0578. The average Bonchev–Trinajstić information content (AvgIpc) is 3.15. The van der Waals surface area contributed by atoms with E-state index < -0.39 is 5.91 Å². The summed E-state index contributed by atoms with van der Waals surface area (Å²) in [5.74, 6) is -0.227. The largest absolute Gasteiger partial charge is 0.507 e. The van der Waals surface area contributed by atoms with E-state index in [-0.39, 0.29) is 23.6 Å². The van der Waals surface area contributed by atoms with Crippen molar-refractivity contribution in [3.05, 3.63) is 63.6 Å². The smallest absolute Gasteiger partial charge is 0.261 e. The molecule has 156 valence electrons. The Hall–Kier alpha value is -3.10. The van der Waals surface area contributed by atoms with Crippen molar-refractivity contribution < 1.29 is 19.4 Å². The summed E-state index contributed by atoms with van der Waals surface area (Å²) in [5.41, 5.74) is 2.17. The summed E-state index contributed by atoms with van der Waals surface area (Å²) in [5, 5.41) is 15.0. The molecule has 0 aliphatic carbocycles. The lowest BCUT2D eigenvalue weighted by Crippen LogP contribution is -2.28. The van der Waals surface area contributed by atoms with Gasteiger partial charge in [-0.25, -0.2) is 4.98 Å². The second-order valence-corrected chi connectivity index (χ2v) is 7.83. The van der Waals surface area contributed by atoms with Crippen molar-refractivity contribution in [3.8, 4) is 11.5 Å². The number of likely N-dealkylation sites (N-methyl/N-ethyl adjacent to an activating group) is 1. The third-order valence-electron chi connectivity index (χ3n) is 4.40. The first kappa shape index (κ1) is 21.6. The minimum Gasteiger partial charge on any atom is -0.507 e. The molecule has 3 rings (SSSR count). The summed E-state index contributed by atoms with van der Waals surface area (Å²) < 4.78 is 5.12. The summed E-state index contributed by atoms with van der Waals surface area (Å²) in [7, 11) is 3.17. The maximum absolute atomic E-state index is 12.6. The summed E-state index contributed by atoms with van der Waals surface area (Å²) in [6.45, 7) is 1.83. The Bertz CT molecular complexity index is 1100. The van der Waals surface area contributed by atoms with Crippen molar-refractivity contribution in [2.75, 3.05) is 24.4 Å². The van der Waals surface area contributed by atoms with Gasteiger partial charge in [0.15, 0.2) is 5.13 Å². The molecule has 30 heavy (non-hydrogen) atoms. The number of amides is 2. The third kappa shape index (κ3) is 4.90. The Labute approximate surface area is 182 Å². The van der Waals surface area contributed by atoms with Crippen molar-refractivity contribution in [3.63, 3.8) is 0 Å². The first-order chi connectivity index (χ1) is 14.3. The summed E-state index contributed by atoms with van der Waals surface area (Å²) >= 11 is 7.34. The van der Waals surface area contributed by atoms with Gasteiger partial charge >= 0.3 is 0 Å². The van der Waals surface area contributed by atoms with Gasteiger partial charge in [-0.05, 0) is 37.3 Å². The SMILES string of the molecule is COc1ccc(N(C)C(=O)Cc2csc(NC(=O)c3cc(C)ccc3O)n2)cc1Cl. The molecule has 0 saturated heterocycles. The highest BCUT2D eigenvalue weighted by atomic mass is 35.5. The molecule has 0 unspecified atom stereocenters. The Morgan fingerprint density at radius 2 is 2.03 bits per heavy atom. The van der Waals surface area contributed by atoms with E-state index in [0.717, 1.165) is 5.56 Å². The lowest BCUT2D eigenvalue weighted by Gasteiger charge is -2.17. The number of aryl methyl sites for hydroxylation is 1. The first-order valence-electron chi connectivity index (χ1n) is 8.94. The number of ether oxygens (including phenoxy) is 1. The number of halogens is 1. The van der Waals surface area contributed by atoms with Crippen LogP contribution in [0.4, 0.5) is 10.8 Å². The third-order valence-corrected chi connectivity index (χ3v) is 5.50. The van der Waals surface area contributed by atoms with Crippen molar-refractivity contribution in [1.82, 2.24) is 4.98 Å². The van der Waals surface area contributed by atoms with Gasteiger partial charge in [0.1, 0.15) is 11.5 Å². The van der Waals surface area contributed by atoms with Gasteiger partial charge in [0.2, 0.25) is 5.91 Å². The van der Waals surface area contributed by atoms with Crippen molar-refractivity contribution in [2.45, 2.75) is 13.3 Å². The van der Waals surface area contributed by atoms with Crippen molar-refractivity contribution >= 4 is 45.6 Å². The molecule has 7 nitrogen and oxygen atoms in total. The normalized spacial score (nSPS) is 10.5. The maximum atomic E-state index is 12.6. The van der Waals surface area contributed by atoms with Crippen LogP contribution >= 0.6 is 22.9 Å². The molecule has 1 aromatic heterocycles. The van der Waals surface area contributed by atoms with Crippen molar-refractivity contribution in [2.24, 2.45) is 0 Å². The lowest BCUT2D eigenvalue weighted by molar-refractivity contribution is -0.117. The number of phenolic OH excluding ortho intramolecular Hbond substituents is 1. The molecule has 0 aliphatic rings. The number of nitrogens with zero attached hydrogens (tertiary/aromatic N) is 2. The van der Waals surface area contributed by atoms with Crippen LogP contribution in [0.15, 0.2) is 41.8 Å². The average molecular weight is 446 g/mol. The highest BCUT2D eigenvalue weighted by molar-refractivity contribution is 7.14. The number of thiazole rings is 1. The number of phenols is 1. The summed E-state index contributed by atoms with van der Waals surface area (Å²) in [6, 6.07) is 9.86. The summed E-state index contributed by atoms with van der Waals surface area (Å²) in [6.07, 6.45) is 0.0578. The number of benzene rings is 2. The van der Waals surface area contributed by atoms with E-state index in [1.165, 1.54) is 29.4 Å². The monoisotopic (exact) mass is 445 g/mol. The van der Waals surface area contributed by atoms with Crippen molar-refractivity contribution in [1.29, 1.82) is 0 Å². The molecule has 0 atom stereocenters. The Balaban J connectivity index is 1.66. The van der Waals surface area contributed by atoms with E-state index in [4.69, 9.17) is 16.3 Å². The zero-order valence-corrected chi connectivity index (χ0v) is 18.2. The van der Waals surface area contributed by atoms with Crippen LogP contribution in [-0.2, 0) is 11.2 Å².